The summed E-state index contributed by atoms with van der Waals surface area (Å²) in [5, 5.41) is 12.6. The van der Waals surface area contributed by atoms with Gasteiger partial charge in [-0.1, -0.05) is 13.8 Å². The molecule has 0 spiro atoms. The van der Waals surface area contributed by atoms with Crippen LogP contribution in [0, 0.1) is 11.8 Å². The van der Waals surface area contributed by atoms with E-state index in [1.807, 2.05) is 6.92 Å². The average Bonchev–Trinajstić information content (AvgIpc) is 2.43. The zero-order chi connectivity index (χ0) is 15.3. The normalized spacial score (nSPS) is 20.6. The fraction of sp³-hybridized carbons (Fsp3) is 0.857. The zero-order valence-corrected chi connectivity index (χ0v) is 12.6. The second-order valence-electron chi connectivity index (χ2n) is 6.04. The van der Waals surface area contributed by atoms with Crippen molar-refractivity contribution in [1.82, 2.24) is 10.2 Å². The molecular weight excluding hydrogens is 258 g/mol. The van der Waals surface area contributed by atoms with Gasteiger partial charge in [-0.25, -0.2) is 0 Å². The highest BCUT2D eigenvalue weighted by molar-refractivity contribution is 5.81. The molecule has 6 heteroatoms. The maximum Gasteiger partial charge on any atom is 0.246 e. The first-order valence-corrected chi connectivity index (χ1v) is 7.32. The molecule has 0 radical (unpaired) electrons. The molecule has 1 saturated heterocycles. The van der Waals surface area contributed by atoms with Crippen LogP contribution in [0.15, 0.2) is 0 Å². The molecule has 4 N–H and O–H groups in total. The minimum Gasteiger partial charge on any atom is -0.383 e. The Bertz CT molecular complexity index is 339. The third-order valence-electron chi connectivity index (χ3n) is 3.92. The van der Waals surface area contributed by atoms with Crippen molar-refractivity contribution in [2.75, 3.05) is 19.6 Å². The number of nitrogens with zero attached hydrogens (tertiary/aromatic N) is 1. The summed E-state index contributed by atoms with van der Waals surface area (Å²) in [5.41, 5.74) is 5.11. The molecule has 0 aromatic heterocycles. The van der Waals surface area contributed by atoms with Gasteiger partial charge in [-0.2, -0.15) is 0 Å². The number of carbonyl (C=O) groups excluding carboxylic acids is 2. The Balaban J connectivity index is 2.40. The molecule has 1 heterocycles. The molecule has 6 nitrogen and oxygen atoms in total. The number of hydrogen-bond donors (Lipinski definition) is 3. The number of aliphatic hydroxyl groups excluding tert-OH is 1. The Hall–Kier alpha value is -1.14. The minimum absolute atomic E-state index is 0.0348. The molecule has 0 aromatic carbocycles. The number of primary amides is 1. The van der Waals surface area contributed by atoms with Gasteiger partial charge < -0.3 is 16.2 Å². The van der Waals surface area contributed by atoms with Crippen LogP contribution in [0.3, 0.4) is 0 Å². The van der Waals surface area contributed by atoms with E-state index < -0.39 is 12.0 Å². The van der Waals surface area contributed by atoms with Crippen molar-refractivity contribution in [2.45, 2.75) is 45.8 Å². The lowest BCUT2D eigenvalue weighted by Gasteiger charge is -2.36. The SMILES string of the molecule is CC(C)CNC(=O)[C@H](C)N1CCC([C@@H](O)C(N)=O)CC1. The maximum absolute atomic E-state index is 12.0. The van der Waals surface area contributed by atoms with Crippen LogP contribution in [-0.2, 0) is 9.59 Å². The van der Waals surface area contributed by atoms with Crippen molar-refractivity contribution in [3.05, 3.63) is 0 Å². The molecule has 1 aliphatic heterocycles. The lowest BCUT2D eigenvalue weighted by Crippen LogP contribution is -2.50. The molecule has 20 heavy (non-hydrogen) atoms. The van der Waals surface area contributed by atoms with E-state index in [1.54, 1.807) is 0 Å². The number of piperidine rings is 1. The molecular formula is C14H27N3O3. The van der Waals surface area contributed by atoms with Gasteiger partial charge in [-0.05, 0) is 44.7 Å². The van der Waals surface area contributed by atoms with Gasteiger partial charge in [0, 0.05) is 6.54 Å². The number of hydrogen-bond acceptors (Lipinski definition) is 4. The Morgan fingerprint density at radius 2 is 1.85 bits per heavy atom. The van der Waals surface area contributed by atoms with E-state index in [0.717, 1.165) is 0 Å². The molecule has 0 aliphatic carbocycles. The number of likely N-dealkylation sites (tertiary alicyclic amines) is 1. The van der Waals surface area contributed by atoms with Gasteiger partial charge in [0.2, 0.25) is 11.8 Å². The highest BCUT2D eigenvalue weighted by atomic mass is 16.3. The Kier molecular flexibility index (Phi) is 6.42. The van der Waals surface area contributed by atoms with Gasteiger partial charge in [-0.3, -0.25) is 14.5 Å². The van der Waals surface area contributed by atoms with E-state index in [9.17, 15) is 14.7 Å². The van der Waals surface area contributed by atoms with Crippen molar-refractivity contribution >= 4 is 11.8 Å². The Morgan fingerprint density at radius 3 is 2.30 bits per heavy atom. The second kappa shape index (κ2) is 7.59. The first-order valence-electron chi connectivity index (χ1n) is 7.32. The van der Waals surface area contributed by atoms with Crippen LogP contribution < -0.4 is 11.1 Å². The Morgan fingerprint density at radius 1 is 1.30 bits per heavy atom. The molecule has 0 aromatic rings. The van der Waals surface area contributed by atoms with Crippen molar-refractivity contribution in [2.24, 2.45) is 17.6 Å². The molecule has 0 bridgehead atoms. The predicted molar refractivity (Wildman–Crippen MR) is 76.8 cm³/mol. The second-order valence-corrected chi connectivity index (χ2v) is 6.04. The first-order chi connectivity index (χ1) is 9.32. The summed E-state index contributed by atoms with van der Waals surface area (Å²) in [6.45, 7) is 8.08. The van der Waals surface area contributed by atoms with Crippen molar-refractivity contribution in [1.29, 1.82) is 0 Å². The Labute approximate surface area is 120 Å². The number of nitrogens with one attached hydrogen (secondary N) is 1. The third kappa shape index (κ3) is 4.76. The average molecular weight is 285 g/mol. The summed E-state index contributed by atoms with van der Waals surface area (Å²) >= 11 is 0. The summed E-state index contributed by atoms with van der Waals surface area (Å²) in [5.74, 6) is -0.281. The monoisotopic (exact) mass is 285 g/mol. The van der Waals surface area contributed by atoms with Gasteiger partial charge in [-0.15, -0.1) is 0 Å². The molecule has 2 amide bonds. The molecule has 0 saturated carbocycles. The number of rotatable bonds is 6. The van der Waals surface area contributed by atoms with Gasteiger partial charge in [0.25, 0.3) is 0 Å². The summed E-state index contributed by atoms with van der Waals surface area (Å²) in [6, 6.07) is -0.180. The quantitative estimate of drug-likeness (QED) is 0.624. The summed E-state index contributed by atoms with van der Waals surface area (Å²) in [6.07, 6.45) is 0.305. The van der Waals surface area contributed by atoms with Crippen LogP contribution >= 0.6 is 0 Å². The van der Waals surface area contributed by atoms with E-state index in [-0.39, 0.29) is 17.9 Å². The smallest absolute Gasteiger partial charge is 0.246 e. The highest BCUT2D eigenvalue weighted by Gasteiger charge is 2.31. The van der Waals surface area contributed by atoms with Crippen LogP contribution in [0.5, 0.6) is 0 Å². The van der Waals surface area contributed by atoms with E-state index >= 15 is 0 Å². The molecule has 1 rings (SSSR count). The number of amides is 2. The first kappa shape index (κ1) is 16.9. The largest absolute Gasteiger partial charge is 0.383 e. The number of aliphatic hydroxyl groups is 1. The zero-order valence-electron chi connectivity index (χ0n) is 12.6. The van der Waals surface area contributed by atoms with Gasteiger partial charge in [0.05, 0.1) is 6.04 Å². The maximum atomic E-state index is 12.0. The van der Waals surface area contributed by atoms with Gasteiger partial charge >= 0.3 is 0 Å². The van der Waals surface area contributed by atoms with E-state index in [1.165, 1.54) is 0 Å². The van der Waals surface area contributed by atoms with E-state index in [4.69, 9.17) is 5.73 Å². The number of carbonyl (C=O) groups is 2. The molecule has 1 fully saturated rings. The summed E-state index contributed by atoms with van der Waals surface area (Å²) < 4.78 is 0. The molecule has 0 unspecified atom stereocenters. The third-order valence-corrected chi connectivity index (χ3v) is 3.92. The summed E-state index contributed by atoms with van der Waals surface area (Å²) in [7, 11) is 0. The van der Waals surface area contributed by atoms with Crippen LogP contribution in [0.2, 0.25) is 0 Å². The lowest BCUT2D eigenvalue weighted by atomic mass is 9.90. The standard InChI is InChI=1S/C14H27N3O3/c1-9(2)8-16-14(20)10(3)17-6-4-11(5-7-17)12(18)13(15)19/h9-12,18H,4-8H2,1-3H3,(H2,15,19)(H,16,20)/t10-,12+/m0/s1. The van der Waals surface area contributed by atoms with Crippen molar-refractivity contribution < 1.29 is 14.7 Å². The minimum atomic E-state index is -1.07. The predicted octanol–water partition coefficient (Wildman–Crippen LogP) is -0.295. The van der Waals surface area contributed by atoms with E-state index in [0.29, 0.717) is 38.4 Å². The lowest BCUT2D eigenvalue weighted by molar-refractivity contribution is -0.131. The molecule has 116 valence electrons. The van der Waals surface area contributed by atoms with Crippen LogP contribution in [0.25, 0.3) is 0 Å². The fourth-order valence-electron chi connectivity index (χ4n) is 2.47. The molecule has 2 atom stereocenters. The number of nitrogens with two attached hydrogens (primary N) is 1. The van der Waals surface area contributed by atoms with Gasteiger partial charge in [0.15, 0.2) is 0 Å². The van der Waals surface area contributed by atoms with Crippen LogP contribution in [0.4, 0.5) is 0 Å². The van der Waals surface area contributed by atoms with Gasteiger partial charge in [0.1, 0.15) is 6.10 Å². The van der Waals surface area contributed by atoms with Crippen LogP contribution in [0.1, 0.15) is 33.6 Å². The molecule has 1 aliphatic rings. The topological polar surface area (TPSA) is 95.7 Å². The highest BCUT2D eigenvalue weighted by Crippen LogP contribution is 2.22. The van der Waals surface area contributed by atoms with E-state index in [2.05, 4.69) is 24.1 Å². The summed E-state index contributed by atoms with van der Waals surface area (Å²) in [4.78, 5) is 25.0. The van der Waals surface area contributed by atoms with Crippen molar-refractivity contribution in [3.8, 4) is 0 Å². The van der Waals surface area contributed by atoms with Crippen molar-refractivity contribution in [3.63, 3.8) is 0 Å². The fourth-order valence-corrected chi connectivity index (χ4v) is 2.47. The van der Waals surface area contributed by atoms with Crippen LogP contribution in [-0.4, -0.2) is 53.6 Å².